The van der Waals surface area contributed by atoms with E-state index in [0.717, 1.165) is 42.1 Å². The summed E-state index contributed by atoms with van der Waals surface area (Å²) in [6.07, 6.45) is 7.91. The molecular formula is C30H41Cl2N4O4+. The minimum absolute atomic E-state index is 0.0275. The maximum atomic E-state index is 8.49. The van der Waals surface area contributed by atoms with E-state index in [-0.39, 0.29) is 5.41 Å². The van der Waals surface area contributed by atoms with Gasteiger partial charge in [0.25, 0.3) is 5.82 Å². The molecule has 0 N–H and O–H groups in total. The van der Waals surface area contributed by atoms with Crippen LogP contribution in [0.5, 0.6) is 0 Å². The number of rotatable bonds is 8. The van der Waals surface area contributed by atoms with Crippen LogP contribution < -0.4 is 28.1 Å². The number of imidazole rings is 1. The predicted octanol–water partition coefficient (Wildman–Crippen LogP) is 1.66. The Bertz CT molecular complexity index is 1380. The van der Waals surface area contributed by atoms with Crippen LogP contribution in [0.25, 0.3) is 17.1 Å². The second-order valence-corrected chi connectivity index (χ2v) is 12.4. The standard InChI is InChI=1S/C30H41ClN4.ClHO4/c1-8-33-27-22-23(31)18-19-26(27)34(20-13-21-35(6,7)9-2)29(33)17-12-16-28-30(3,4)24-14-10-11-15-25(24)32(28)5;2-1(3,4)5/h10-12,14-19,22H,8-9,13,20-21H2,1-7H3;(H,2,3,4,5)/q+2;/p-1. The average molecular weight is 593 g/mol. The first-order chi connectivity index (χ1) is 18.6. The first kappa shape index (κ1) is 32.1. The van der Waals surface area contributed by atoms with Gasteiger partial charge in [-0.05, 0) is 43.7 Å². The number of halogens is 2. The average Bonchev–Trinajstić information content (AvgIpc) is 3.26. The van der Waals surface area contributed by atoms with Crippen molar-refractivity contribution in [2.45, 2.75) is 52.6 Å². The van der Waals surface area contributed by atoms with E-state index in [1.54, 1.807) is 0 Å². The first-order valence-electron chi connectivity index (χ1n) is 13.5. The zero-order valence-corrected chi connectivity index (χ0v) is 26.0. The lowest BCUT2D eigenvalue weighted by atomic mass is 9.84. The molecule has 0 unspecified atom stereocenters. The number of quaternary nitrogens is 1. The Kier molecular flexibility index (Phi) is 10.1. The van der Waals surface area contributed by atoms with Gasteiger partial charge in [0, 0.05) is 47.4 Å². The Morgan fingerprint density at radius 2 is 1.70 bits per heavy atom. The quantitative estimate of drug-likeness (QED) is 0.293. The van der Waals surface area contributed by atoms with Crippen LogP contribution in [0.15, 0.2) is 60.3 Å². The predicted molar refractivity (Wildman–Crippen MR) is 150 cm³/mol. The van der Waals surface area contributed by atoms with Crippen molar-refractivity contribution in [3.05, 3.63) is 76.7 Å². The smallest absolute Gasteiger partial charge is 0.282 e. The molecule has 1 aliphatic rings. The van der Waals surface area contributed by atoms with Crippen LogP contribution in [0.1, 0.15) is 45.5 Å². The maximum absolute atomic E-state index is 8.49. The lowest BCUT2D eigenvalue weighted by Gasteiger charge is -2.27. The van der Waals surface area contributed by atoms with Gasteiger partial charge in [-0.15, -0.1) is 10.2 Å². The minimum atomic E-state index is -4.94. The topological polar surface area (TPSA) is 104 Å². The Balaban J connectivity index is 0.000000810. The largest absolute Gasteiger partial charge is 0.347 e. The number of hydrogen-bond donors (Lipinski definition) is 0. The summed E-state index contributed by atoms with van der Waals surface area (Å²) in [5, 5.41) is 0.783. The molecule has 218 valence electrons. The van der Waals surface area contributed by atoms with Gasteiger partial charge in [0.05, 0.1) is 40.3 Å². The fourth-order valence-electron chi connectivity index (χ4n) is 5.42. The summed E-state index contributed by atoms with van der Waals surface area (Å²) in [5.74, 6) is 1.22. The van der Waals surface area contributed by atoms with E-state index in [9.17, 15) is 0 Å². The van der Waals surface area contributed by atoms with Crippen molar-refractivity contribution >= 4 is 34.4 Å². The molecule has 0 amide bonds. The van der Waals surface area contributed by atoms with Crippen LogP contribution in [-0.2, 0) is 18.5 Å². The van der Waals surface area contributed by atoms with Gasteiger partial charge >= 0.3 is 0 Å². The minimum Gasteiger partial charge on any atom is -0.347 e. The molecule has 0 radical (unpaired) electrons. The molecule has 1 aromatic heterocycles. The summed E-state index contributed by atoms with van der Waals surface area (Å²) in [5.41, 5.74) is 6.40. The molecule has 0 saturated carbocycles. The third-order valence-corrected chi connectivity index (χ3v) is 8.06. The molecule has 3 aromatic rings. The van der Waals surface area contributed by atoms with Crippen molar-refractivity contribution in [2.24, 2.45) is 0 Å². The highest BCUT2D eigenvalue weighted by atomic mass is 35.7. The van der Waals surface area contributed by atoms with Gasteiger partial charge < -0.3 is 9.38 Å². The molecule has 0 atom stereocenters. The summed E-state index contributed by atoms with van der Waals surface area (Å²) in [6, 6.07) is 15.0. The summed E-state index contributed by atoms with van der Waals surface area (Å²) in [6.45, 7) is 13.3. The fourth-order valence-corrected chi connectivity index (χ4v) is 5.59. The number of aromatic nitrogens is 2. The zero-order valence-electron chi connectivity index (χ0n) is 24.5. The van der Waals surface area contributed by atoms with Crippen molar-refractivity contribution in [3.63, 3.8) is 0 Å². The van der Waals surface area contributed by atoms with E-state index in [1.165, 1.54) is 33.8 Å². The number of para-hydroxylation sites is 1. The van der Waals surface area contributed by atoms with E-state index < -0.39 is 10.2 Å². The monoisotopic (exact) mass is 591 g/mol. The Morgan fingerprint density at radius 3 is 2.30 bits per heavy atom. The highest BCUT2D eigenvalue weighted by molar-refractivity contribution is 6.31. The highest BCUT2D eigenvalue weighted by Crippen LogP contribution is 2.46. The van der Waals surface area contributed by atoms with Crippen LogP contribution >= 0.6 is 11.6 Å². The summed E-state index contributed by atoms with van der Waals surface area (Å²) < 4.78 is 39.9. The van der Waals surface area contributed by atoms with E-state index in [2.05, 4.69) is 117 Å². The molecule has 0 spiro atoms. The molecule has 10 heteroatoms. The summed E-state index contributed by atoms with van der Waals surface area (Å²) >= 11 is 6.42. The van der Waals surface area contributed by atoms with Crippen molar-refractivity contribution < 1.29 is 37.9 Å². The van der Waals surface area contributed by atoms with Crippen LogP contribution in [0.4, 0.5) is 5.69 Å². The second-order valence-electron chi connectivity index (χ2n) is 11.2. The molecular weight excluding hydrogens is 551 g/mol. The lowest BCUT2D eigenvalue weighted by Crippen LogP contribution is -2.68. The number of fused-ring (bicyclic) bond motifs is 2. The van der Waals surface area contributed by atoms with Gasteiger partial charge in [-0.25, -0.2) is 27.8 Å². The van der Waals surface area contributed by atoms with Crippen molar-refractivity contribution in [1.29, 1.82) is 0 Å². The second kappa shape index (κ2) is 12.6. The van der Waals surface area contributed by atoms with E-state index in [0.29, 0.717) is 0 Å². The van der Waals surface area contributed by atoms with E-state index in [4.69, 9.17) is 30.2 Å². The SMILES string of the molecule is CCn1c(C=CC=C2N(C)c3ccccc3C2(C)C)[n+](CCC[N+](C)(C)CC)c2ccc(Cl)cc21.[O-][Cl+3]([O-])([O-])[O-]. The van der Waals surface area contributed by atoms with Crippen LogP contribution in [-0.4, -0.2) is 43.3 Å². The Morgan fingerprint density at radius 1 is 1.05 bits per heavy atom. The third-order valence-electron chi connectivity index (χ3n) is 7.83. The molecule has 40 heavy (non-hydrogen) atoms. The molecule has 2 heterocycles. The number of nitrogens with zero attached hydrogens (tertiary/aromatic N) is 4. The fraction of sp³-hybridized carbons (Fsp3) is 0.433. The number of allylic oxidation sites excluding steroid dienone is 3. The molecule has 1 aliphatic heterocycles. The molecule has 4 rings (SSSR count). The van der Waals surface area contributed by atoms with Gasteiger partial charge in [0.1, 0.15) is 0 Å². The van der Waals surface area contributed by atoms with Crippen LogP contribution in [0, 0.1) is 10.2 Å². The first-order valence-corrected chi connectivity index (χ1v) is 15.1. The number of aryl methyl sites for hydroxylation is 2. The molecule has 0 fully saturated rings. The maximum Gasteiger partial charge on any atom is 0.282 e. The zero-order chi connectivity index (χ0) is 29.9. The molecule has 0 bridgehead atoms. The highest BCUT2D eigenvalue weighted by Gasteiger charge is 2.37. The Hall–Kier alpha value is -2.43. The van der Waals surface area contributed by atoms with Gasteiger partial charge in [-0.2, -0.15) is 0 Å². The van der Waals surface area contributed by atoms with Crippen molar-refractivity contribution in [3.8, 4) is 0 Å². The lowest BCUT2D eigenvalue weighted by molar-refractivity contribution is -2.00. The number of benzene rings is 2. The van der Waals surface area contributed by atoms with Gasteiger partial charge in [-0.3, -0.25) is 0 Å². The summed E-state index contributed by atoms with van der Waals surface area (Å²) in [4.78, 5) is 2.33. The van der Waals surface area contributed by atoms with Gasteiger partial charge in [0.15, 0.2) is 11.0 Å². The molecule has 8 nitrogen and oxygen atoms in total. The molecule has 0 saturated heterocycles. The molecule has 2 aromatic carbocycles. The van der Waals surface area contributed by atoms with E-state index >= 15 is 0 Å². The van der Waals surface area contributed by atoms with Crippen LogP contribution in [0.2, 0.25) is 5.02 Å². The number of anilines is 1. The van der Waals surface area contributed by atoms with Crippen molar-refractivity contribution in [2.75, 3.05) is 39.1 Å². The third kappa shape index (κ3) is 7.44. The Labute approximate surface area is 245 Å². The van der Waals surface area contributed by atoms with E-state index in [1.807, 2.05) is 6.07 Å². The molecule has 0 aliphatic carbocycles. The normalized spacial score (nSPS) is 16.1. The van der Waals surface area contributed by atoms with Gasteiger partial charge in [-0.1, -0.05) is 49.7 Å². The van der Waals surface area contributed by atoms with Crippen molar-refractivity contribution in [1.82, 2.24) is 4.57 Å². The van der Waals surface area contributed by atoms with Crippen LogP contribution in [0.3, 0.4) is 0 Å². The number of hydrogen-bond acceptors (Lipinski definition) is 5. The summed E-state index contributed by atoms with van der Waals surface area (Å²) in [7, 11) is 1.85. The van der Waals surface area contributed by atoms with Gasteiger partial charge in [0.2, 0.25) is 0 Å². The number of likely N-dealkylation sites (N-methyl/N-ethyl adjacent to an activating group) is 1.